The molecule has 0 amide bonds. The van der Waals surface area contributed by atoms with E-state index in [-0.39, 0.29) is 18.7 Å². The van der Waals surface area contributed by atoms with Crippen molar-refractivity contribution < 1.29 is 27.4 Å². The van der Waals surface area contributed by atoms with Gasteiger partial charge in [0.2, 0.25) is 6.10 Å². The molecule has 4 nitrogen and oxygen atoms in total. The van der Waals surface area contributed by atoms with Crippen LogP contribution in [0.5, 0.6) is 0 Å². The Morgan fingerprint density at radius 1 is 1.61 bits per heavy atom. The first-order valence-corrected chi connectivity index (χ1v) is 6.20. The van der Waals surface area contributed by atoms with Gasteiger partial charge in [-0.2, -0.15) is 13.2 Å². The molecule has 0 radical (unpaired) electrons. The number of nitrogens with zero attached hydrogens (tertiary/aromatic N) is 1. The third-order valence-electron chi connectivity index (χ3n) is 2.50. The Labute approximate surface area is 105 Å². The third kappa shape index (κ3) is 2.99. The quantitative estimate of drug-likeness (QED) is 0.798. The van der Waals surface area contributed by atoms with E-state index in [2.05, 4.69) is 9.72 Å². The number of halogens is 3. The number of esters is 1. The van der Waals surface area contributed by atoms with E-state index in [1.165, 1.54) is 10.9 Å². The minimum absolute atomic E-state index is 0.118. The molecule has 1 aliphatic rings. The maximum absolute atomic E-state index is 12.8. The largest absolute Gasteiger partial charge is 0.445 e. The fraction of sp³-hybridized carbons (Fsp3) is 0.600. The van der Waals surface area contributed by atoms with Crippen LogP contribution in [-0.2, 0) is 9.47 Å². The van der Waals surface area contributed by atoms with Gasteiger partial charge in [-0.05, 0) is 12.8 Å². The molecule has 18 heavy (non-hydrogen) atoms. The lowest BCUT2D eigenvalue weighted by Gasteiger charge is -2.24. The molecule has 0 bridgehead atoms. The lowest BCUT2D eigenvalue weighted by Crippen LogP contribution is -2.43. The van der Waals surface area contributed by atoms with E-state index in [9.17, 15) is 18.0 Å². The van der Waals surface area contributed by atoms with Gasteiger partial charge in [-0.1, -0.05) is 0 Å². The van der Waals surface area contributed by atoms with Crippen molar-refractivity contribution in [1.82, 2.24) is 4.98 Å². The molecule has 100 valence electrons. The van der Waals surface area contributed by atoms with Gasteiger partial charge in [-0.3, -0.25) is 0 Å². The molecule has 1 saturated heterocycles. The van der Waals surface area contributed by atoms with Crippen molar-refractivity contribution >= 4 is 17.3 Å². The van der Waals surface area contributed by atoms with E-state index in [0.717, 1.165) is 11.3 Å². The summed E-state index contributed by atoms with van der Waals surface area (Å²) in [6, 6.07) is 0. The molecular formula is C10H10F3NO3S. The number of ether oxygens (including phenoxy) is 2. The number of thiazole rings is 1. The van der Waals surface area contributed by atoms with Crippen LogP contribution in [0, 0.1) is 0 Å². The van der Waals surface area contributed by atoms with E-state index in [4.69, 9.17) is 4.74 Å². The van der Waals surface area contributed by atoms with Crippen LogP contribution in [0.2, 0.25) is 0 Å². The molecule has 2 rings (SSSR count). The molecule has 0 N–H and O–H groups in total. The van der Waals surface area contributed by atoms with Crippen molar-refractivity contribution in [3.05, 3.63) is 16.6 Å². The van der Waals surface area contributed by atoms with Gasteiger partial charge in [0.25, 0.3) is 0 Å². The number of hydrogen-bond acceptors (Lipinski definition) is 5. The number of rotatable bonds is 3. The fourth-order valence-corrected chi connectivity index (χ4v) is 2.21. The van der Waals surface area contributed by atoms with Crippen molar-refractivity contribution in [1.29, 1.82) is 0 Å². The second kappa shape index (κ2) is 5.23. The summed E-state index contributed by atoms with van der Waals surface area (Å²) in [6.07, 6.45) is -7.22. The fourth-order valence-electron chi connectivity index (χ4n) is 1.68. The van der Waals surface area contributed by atoms with Crippen LogP contribution < -0.4 is 0 Å². The Bertz CT molecular complexity index is 401. The van der Waals surface area contributed by atoms with Crippen LogP contribution in [0.25, 0.3) is 0 Å². The second-order valence-corrected chi connectivity index (χ2v) is 4.51. The highest BCUT2D eigenvalue weighted by molar-refractivity contribution is 7.07. The first-order valence-electron chi connectivity index (χ1n) is 5.26. The molecule has 0 spiro atoms. The summed E-state index contributed by atoms with van der Waals surface area (Å²) < 4.78 is 47.8. The van der Waals surface area contributed by atoms with Crippen molar-refractivity contribution in [2.75, 3.05) is 6.61 Å². The first kappa shape index (κ1) is 13.3. The molecule has 0 saturated carbocycles. The highest BCUT2D eigenvalue weighted by Gasteiger charge is 2.49. The second-order valence-electron chi connectivity index (χ2n) is 3.79. The average molecular weight is 281 g/mol. The molecule has 2 atom stereocenters. The van der Waals surface area contributed by atoms with Crippen LogP contribution in [0.1, 0.15) is 23.3 Å². The van der Waals surface area contributed by atoms with Gasteiger partial charge < -0.3 is 9.47 Å². The van der Waals surface area contributed by atoms with Gasteiger partial charge in [0.05, 0.1) is 5.51 Å². The SMILES string of the molecule is O=C(O[C@@H]([C@H]1CCCO1)C(F)(F)F)c1cscn1. The monoisotopic (exact) mass is 281 g/mol. The average Bonchev–Trinajstić information content (AvgIpc) is 2.96. The minimum atomic E-state index is -4.64. The zero-order valence-electron chi connectivity index (χ0n) is 9.14. The third-order valence-corrected chi connectivity index (χ3v) is 3.09. The summed E-state index contributed by atoms with van der Waals surface area (Å²) in [5.41, 5.74) is 1.23. The summed E-state index contributed by atoms with van der Waals surface area (Å²) in [4.78, 5) is 15.1. The summed E-state index contributed by atoms with van der Waals surface area (Å²) in [5, 5.41) is 1.34. The summed E-state index contributed by atoms with van der Waals surface area (Å²) in [6.45, 7) is 0.255. The van der Waals surface area contributed by atoms with E-state index in [1.807, 2.05) is 0 Å². The number of carbonyl (C=O) groups excluding carboxylic acids is 1. The van der Waals surface area contributed by atoms with Crippen LogP contribution in [0.4, 0.5) is 13.2 Å². The zero-order chi connectivity index (χ0) is 13.2. The van der Waals surface area contributed by atoms with Crippen LogP contribution in [-0.4, -0.2) is 35.9 Å². The molecule has 0 unspecified atom stereocenters. The predicted molar refractivity (Wildman–Crippen MR) is 56.3 cm³/mol. The van der Waals surface area contributed by atoms with Gasteiger partial charge in [0.1, 0.15) is 6.10 Å². The highest BCUT2D eigenvalue weighted by atomic mass is 32.1. The maximum Gasteiger partial charge on any atom is 0.428 e. The van der Waals surface area contributed by atoms with Gasteiger partial charge in [0, 0.05) is 12.0 Å². The van der Waals surface area contributed by atoms with Crippen LogP contribution in [0.3, 0.4) is 0 Å². The number of aromatic nitrogens is 1. The van der Waals surface area contributed by atoms with Crippen molar-refractivity contribution in [2.45, 2.75) is 31.2 Å². The first-order chi connectivity index (χ1) is 8.48. The maximum atomic E-state index is 12.8. The Hall–Kier alpha value is -1.15. The van der Waals surface area contributed by atoms with Crippen LogP contribution in [0.15, 0.2) is 10.9 Å². The summed E-state index contributed by atoms with van der Waals surface area (Å²) in [7, 11) is 0. The highest BCUT2D eigenvalue weighted by Crippen LogP contribution is 2.31. The normalized spacial score (nSPS) is 21.8. The Balaban J connectivity index is 2.08. The smallest absolute Gasteiger partial charge is 0.428 e. The predicted octanol–water partition coefficient (Wildman–Crippen LogP) is 2.41. The zero-order valence-corrected chi connectivity index (χ0v) is 9.96. The van der Waals surface area contributed by atoms with Gasteiger partial charge in [-0.15, -0.1) is 11.3 Å². The Morgan fingerprint density at radius 3 is 2.89 bits per heavy atom. The molecule has 0 aliphatic carbocycles. The van der Waals surface area contributed by atoms with Gasteiger partial charge in [-0.25, -0.2) is 9.78 Å². The lowest BCUT2D eigenvalue weighted by molar-refractivity contribution is -0.230. The molecular weight excluding hydrogens is 271 g/mol. The standard InChI is InChI=1S/C10H10F3NO3S/c11-10(12,13)8(7-2-1-3-16-7)17-9(15)6-4-18-5-14-6/h4-5,7-8H,1-3H2/t7-,8+/m1/s1. The van der Waals surface area contributed by atoms with Gasteiger partial charge in [0.15, 0.2) is 5.69 Å². The Kier molecular flexibility index (Phi) is 3.86. The van der Waals surface area contributed by atoms with E-state index in [1.54, 1.807) is 0 Å². The molecule has 1 aromatic heterocycles. The number of carbonyl (C=O) groups is 1. The molecule has 8 heteroatoms. The van der Waals surface area contributed by atoms with Crippen molar-refractivity contribution in [2.24, 2.45) is 0 Å². The molecule has 1 aromatic rings. The molecule has 2 heterocycles. The minimum Gasteiger partial charge on any atom is -0.445 e. The summed E-state index contributed by atoms with van der Waals surface area (Å²) >= 11 is 1.11. The van der Waals surface area contributed by atoms with E-state index >= 15 is 0 Å². The topological polar surface area (TPSA) is 48.4 Å². The van der Waals surface area contributed by atoms with Gasteiger partial charge >= 0.3 is 12.1 Å². The van der Waals surface area contributed by atoms with Crippen LogP contribution >= 0.6 is 11.3 Å². The number of hydrogen-bond donors (Lipinski definition) is 0. The molecule has 0 aromatic carbocycles. The van der Waals surface area contributed by atoms with Crippen molar-refractivity contribution in [3.63, 3.8) is 0 Å². The van der Waals surface area contributed by atoms with Crippen molar-refractivity contribution in [3.8, 4) is 0 Å². The lowest BCUT2D eigenvalue weighted by atomic mass is 10.1. The summed E-state index contributed by atoms with van der Waals surface area (Å²) in [5.74, 6) is -1.07. The van der Waals surface area contributed by atoms with E-state index < -0.39 is 24.4 Å². The molecule has 1 fully saturated rings. The Morgan fingerprint density at radius 2 is 2.39 bits per heavy atom. The number of alkyl halides is 3. The van der Waals surface area contributed by atoms with E-state index in [0.29, 0.717) is 6.42 Å². The molecule has 1 aliphatic heterocycles.